The van der Waals surface area contributed by atoms with Crippen LogP contribution in [0.3, 0.4) is 0 Å². The topological polar surface area (TPSA) is 105 Å². The number of carbonyl (C=O) groups excluding carboxylic acids is 2. The summed E-state index contributed by atoms with van der Waals surface area (Å²) in [7, 11) is -2.11. The summed E-state index contributed by atoms with van der Waals surface area (Å²) in [6.07, 6.45) is 1.07. The Morgan fingerprint density at radius 2 is 1.60 bits per heavy atom. The van der Waals surface area contributed by atoms with Gasteiger partial charge in [0.15, 0.2) is 0 Å². The Bertz CT molecular complexity index is 996. The SMILES string of the molecule is COc1ccc(C(=O)N2CCC(NS(=O)(=O)c3ccc(NC(C)=O)cc3)CC2)cc1. The second-order valence-corrected chi connectivity index (χ2v) is 8.84. The van der Waals surface area contributed by atoms with Gasteiger partial charge < -0.3 is 15.0 Å². The molecule has 2 aromatic carbocycles. The molecule has 1 heterocycles. The maximum atomic E-state index is 12.6. The highest BCUT2D eigenvalue weighted by Crippen LogP contribution is 2.19. The van der Waals surface area contributed by atoms with E-state index in [0.717, 1.165) is 0 Å². The van der Waals surface area contributed by atoms with Crippen LogP contribution in [0.15, 0.2) is 53.4 Å². The summed E-state index contributed by atoms with van der Waals surface area (Å²) >= 11 is 0. The molecule has 0 aliphatic carbocycles. The van der Waals surface area contributed by atoms with Gasteiger partial charge >= 0.3 is 0 Å². The van der Waals surface area contributed by atoms with Crippen LogP contribution in [0.5, 0.6) is 5.75 Å². The number of methoxy groups -OCH3 is 1. The maximum Gasteiger partial charge on any atom is 0.253 e. The summed E-state index contributed by atoms with van der Waals surface area (Å²) in [6.45, 7) is 2.33. The highest BCUT2D eigenvalue weighted by Gasteiger charge is 2.27. The third kappa shape index (κ3) is 5.37. The van der Waals surface area contributed by atoms with Crippen LogP contribution in [0, 0.1) is 0 Å². The number of piperidine rings is 1. The van der Waals surface area contributed by atoms with Gasteiger partial charge in [-0.15, -0.1) is 0 Å². The van der Waals surface area contributed by atoms with Crippen molar-refractivity contribution in [3.8, 4) is 5.75 Å². The zero-order valence-electron chi connectivity index (χ0n) is 16.9. The molecule has 0 spiro atoms. The molecular weight excluding hydrogens is 406 g/mol. The van der Waals surface area contributed by atoms with E-state index >= 15 is 0 Å². The molecule has 160 valence electrons. The number of ether oxygens (including phenoxy) is 1. The van der Waals surface area contributed by atoms with Crippen LogP contribution < -0.4 is 14.8 Å². The van der Waals surface area contributed by atoms with Gasteiger partial charge in [-0.3, -0.25) is 9.59 Å². The summed E-state index contributed by atoms with van der Waals surface area (Å²) in [4.78, 5) is 25.6. The van der Waals surface area contributed by atoms with E-state index < -0.39 is 10.0 Å². The number of nitrogens with one attached hydrogen (secondary N) is 2. The highest BCUT2D eigenvalue weighted by molar-refractivity contribution is 7.89. The van der Waals surface area contributed by atoms with Gasteiger partial charge in [0.2, 0.25) is 15.9 Å². The number of sulfonamides is 1. The standard InChI is InChI=1S/C21H25N3O5S/c1-15(25)22-17-5-9-20(10-6-17)30(27,28)23-18-11-13-24(14-12-18)21(26)16-3-7-19(29-2)8-4-16/h3-10,18,23H,11-14H2,1-2H3,(H,22,25). The Hall–Kier alpha value is -2.91. The molecule has 30 heavy (non-hydrogen) atoms. The number of hydrogen-bond acceptors (Lipinski definition) is 5. The number of carbonyl (C=O) groups is 2. The molecule has 0 saturated carbocycles. The van der Waals surface area contributed by atoms with Gasteiger partial charge in [0.1, 0.15) is 5.75 Å². The van der Waals surface area contributed by atoms with E-state index in [9.17, 15) is 18.0 Å². The van der Waals surface area contributed by atoms with Crippen LogP contribution in [-0.2, 0) is 14.8 Å². The average molecular weight is 432 g/mol. The van der Waals surface area contributed by atoms with Gasteiger partial charge in [-0.1, -0.05) is 0 Å². The smallest absolute Gasteiger partial charge is 0.253 e. The van der Waals surface area contributed by atoms with Crippen molar-refractivity contribution in [1.82, 2.24) is 9.62 Å². The van der Waals surface area contributed by atoms with Crippen LogP contribution in [0.2, 0.25) is 0 Å². The number of likely N-dealkylation sites (tertiary alicyclic amines) is 1. The largest absolute Gasteiger partial charge is 0.497 e. The molecule has 0 atom stereocenters. The van der Waals surface area contributed by atoms with Crippen molar-refractivity contribution in [3.05, 3.63) is 54.1 Å². The highest BCUT2D eigenvalue weighted by atomic mass is 32.2. The van der Waals surface area contributed by atoms with E-state index in [2.05, 4.69) is 10.0 Å². The van der Waals surface area contributed by atoms with Crippen LogP contribution in [0.4, 0.5) is 5.69 Å². The first-order valence-electron chi connectivity index (χ1n) is 9.62. The third-order valence-electron chi connectivity index (χ3n) is 4.93. The predicted octanol–water partition coefficient (Wildman–Crippen LogP) is 2.24. The second-order valence-electron chi connectivity index (χ2n) is 7.12. The van der Waals surface area contributed by atoms with Crippen molar-refractivity contribution >= 4 is 27.5 Å². The molecule has 0 unspecified atom stereocenters. The molecule has 3 rings (SSSR count). The molecule has 2 aromatic rings. The minimum Gasteiger partial charge on any atom is -0.497 e. The van der Waals surface area contributed by atoms with Crippen LogP contribution in [-0.4, -0.2) is 51.4 Å². The van der Waals surface area contributed by atoms with Crippen molar-refractivity contribution in [2.45, 2.75) is 30.7 Å². The normalized spacial score (nSPS) is 14.9. The van der Waals surface area contributed by atoms with Gasteiger partial charge in [-0.2, -0.15) is 0 Å². The fourth-order valence-electron chi connectivity index (χ4n) is 3.32. The van der Waals surface area contributed by atoms with Gasteiger partial charge in [-0.25, -0.2) is 13.1 Å². The van der Waals surface area contributed by atoms with E-state index in [4.69, 9.17) is 4.74 Å². The maximum absolute atomic E-state index is 12.6. The Labute approximate surface area is 176 Å². The number of anilines is 1. The van der Waals surface area contributed by atoms with Crippen LogP contribution in [0.25, 0.3) is 0 Å². The number of amides is 2. The number of benzene rings is 2. The summed E-state index contributed by atoms with van der Waals surface area (Å²) in [5.74, 6) is 0.386. The van der Waals surface area contributed by atoms with Crippen LogP contribution >= 0.6 is 0 Å². The lowest BCUT2D eigenvalue weighted by atomic mass is 10.0. The Kier molecular flexibility index (Phi) is 6.73. The van der Waals surface area contributed by atoms with Crippen molar-refractivity contribution in [2.75, 3.05) is 25.5 Å². The summed E-state index contributed by atoms with van der Waals surface area (Å²) in [5.41, 5.74) is 1.11. The lowest BCUT2D eigenvalue weighted by molar-refractivity contribution is -0.114. The van der Waals surface area contributed by atoms with Gasteiger partial charge in [0.25, 0.3) is 5.91 Å². The van der Waals surface area contributed by atoms with Crippen molar-refractivity contribution in [2.24, 2.45) is 0 Å². The van der Waals surface area contributed by atoms with E-state index in [-0.39, 0.29) is 22.8 Å². The van der Waals surface area contributed by atoms with Crippen LogP contribution in [0.1, 0.15) is 30.1 Å². The molecule has 2 N–H and O–H groups in total. The number of rotatable bonds is 6. The minimum atomic E-state index is -3.68. The Morgan fingerprint density at radius 3 is 2.13 bits per heavy atom. The summed E-state index contributed by atoms with van der Waals surface area (Å²) in [5, 5.41) is 2.60. The summed E-state index contributed by atoms with van der Waals surface area (Å²) < 4.78 is 33.1. The molecule has 0 aromatic heterocycles. The van der Waals surface area contributed by atoms with Gasteiger partial charge in [-0.05, 0) is 61.4 Å². The first-order chi connectivity index (χ1) is 14.3. The number of nitrogens with zero attached hydrogens (tertiary/aromatic N) is 1. The molecule has 9 heteroatoms. The van der Waals surface area contributed by atoms with E-state index in [0.29, 0.717) is 42.9 Å². The molecule has 2 amide bonds. The average Bonchev–Trinajstić information content (AvgIpc) is 2.73. The third-order valence-corrected chi connectivity index (χ3v) is 6.46. The molecular formula is C21H25N3O5S. The Morgan fingerprint density at radius 1 is 1.00 bits per heavy atom. The van der Waals surface area contributed by atoms with Gasteiger partial charge in [0, 0.05) is 37.3 Å². The van der Waals surface area contributed by atoms with Crippen molar-refractivity contribution < 1.29 is 22.7 Å². The lowest BCUT2D eigenvalue weighted by Gasteiger charge is -2.32. The van der Waals surface area contributed by atoms with Gasteiger partial charge in [0.05, 0.1) is 12.0 Å². The molecule has 1 saturated heterocycles. The van der Waals surface area contributed by atoms with E-state index in [1.54, 1.807) is 48.4 Å². The van der Waals surface area contributed by atoms with Crippen molar-refractivity contribution in [1.29, 1.82) is 0 Å². The lowest BCUT2D eigenvalue weighted by Crippen LogP contribution is -2.46. The van der Waals surface area contributed by atoms with E-state index in [1.165, 1.54) is 19.1 Å². The zero-order valence-corrected chi connectivity index (χ0v) is 17.7. The number of hydrogen-bond donors (Lipinski definition) is 2. The van der Waals surface area contributed by atoms with E-state index in [1.807, 2.05) is 0 Å². The Balaban J connectivity index is 1.56. The fraction of sp³-hybridized carbons (Fsp3) is 0.333. The first-order valence-corrected chi connectivity index (χ1v) is 11.1. The van der Waals surface area contributed by atoms with Crippen molar-refractivity contribution in [3.63, 3.8) is 0 Å². The minimum absolute atomic E-state index is 0.0764. The molecule has 0 bridgehead atoms. The first kappa shape index (κ1) is 21.8. The molecule has 0 radical (unpaired) electrons. The summed E-state index contributed by atoms with van der Waals surface area (Å²) in [6, 6.07) is 12.7. The fourth-order valence-corrected chi connectivity index (χ4v) is 4.63. The second kappa shape index (κ2) is 9.27. The molecule has 1 fully saturated rings. The zero-order chi connectivity index (χ0) is 21.7. The predicted molar refractivity (Wildman–Crippen MR) is 113 cm³/mol. The molecule has 1 aliphatic heterocycles. The molecule has 8 nitrogen and oxygen atoms in total. The monoisotopic (exact) mass is 431 g/mol. The quantitative estimate of drug-likeness (QED) is 0.730. The molecule has 1 aliphatic rings.